The zero-order chi connectivity index (χ0) is 21.8. The highest BCUT2D eigenvalue weighted by Gasteiger charge is 2.48. The standard InChI is InChI=1S/C18H14ClF4NO4S/c1-27-6-2-3-14-15(10-24)16(28-13-8-11(19)7-12(20)9-13)4-5-17(14)29(25,26)18(21,22)23/h4-5,7-9H,2-3,6H2,1H3. The van der Waals surface area contributed by atoms with Crippen LogP contribution in [-0.2, 0) is 21.0 Å². The highest BCUT2D eigenvalue weighted by molar-refractivity contribution is 7.92. The van der Waals surface area contributed by atoms with Crippen LogP contribution < -0.4 is 4.74 Å². The van der Waals surface area contributed by atoms with Crippen LogP contribution in [0.1, 0.15) is 17.5 Å². The fraction of sp³-hybridized carbons (Fsp3) is 0.278. The Morgan fingerprint density at radius 3 is 2.45 bits per heavy atom. The van der Waals surface area contributed by atoms with Crippen LogP contribution in [0.3, 0.4) is 0 Å². The third-order valence-corrected chi connectivity index (χ3v) is 5.57. The molecule has 5 nitrogen and oxygen atoms in total. The summed E-state index contributed by atoms with van der Waals surface area (Å²) >= 11 is 5.74. The van der Waals surface area contributed by atoms with Crippen LogP contribution >= 0.6 is 11.6 Å². The van der Waals surface area contributed by atoms with E-state index < -0.39 is 31.6 Å². The maximum Gasteiger partial charge on any atom is 0.501 e. The van der Waals surface area contributed by atoms with Gasteiger partial charge in [-0.25, -0.2) is 12.8 Å². The summed E-state index contributed by atoms with van der Waals surface area (Å²) in [6, 6.07) is 6.50. The first-order valence-corrected chi connectivity index (χ1v) is 9.87. The number of ether oxygens (including phenoxy) is 2. The van der Waals surface area contributed by atoms with E-state index in [4.69, 9.17) is 21.1 Å². The van der Waals surface area contributed by atoms with Crippen molar-refractivity contribution in [2.24, 2.45) is 0 Å². The number of benzene rings is 2. The van der Waals surface area contributed by atoms with E-state index in [-0.39, 0.29) is 41.5 Å². The highest BCUT2D eigenvalue weighted by atomic mass is 35.5. The lowest BCUT2D eigenvalue weighted by Gasteiger charge is -2.17. The van der Waals surface area contributed by atoms with Gasteiger partial charge in [0.2, 0.25) is 0 Å². The molecule has 156 valence electrons. The predicted octanol–water partition coefficient (Wildman–Crippen LogP) is 5.02. The maximum atomic E-state index is 13.5. The molecule has 0 aliphatic heterocycles. The van der Waals surface area contributed by atoms with E-state index in [1.807, 2.05) is 0 Å². The first-order valence-electron chi connectivity index (χ1n) is 8.01. The number of nitrogens with zero attached hydrogens (tertiary/aromatic N) is 1. The largest absolute Gasteiger partial charge is 0.501 e. The minimum Gasteiger partial charge on any atom is -0.456 e. The molecule has 0 radical (unpaired) electrons. The molecule has 29 heavy (non-hydrogen) atoms. The summed E-state index contributed by atoms with van der Waals surface area (Å²) < 4.78 is 86.9. The highest BCUT2D eigenvalue weighted by Crippen LogP contribution is 2.38. The first kappa shape index (κ1) is 22.9. The molecule has 11 heteroatoms. The summed E-state index contributed by atoms with van der Waals surface area (Å²) in [7, 11) is -4.34. The second-order valence-electron chi connectivity index (χ2n) is 5.78. The number of halogens is 5. The van der Waals surface area contributed by atoms with Crippen LogP contribution in [0.25, 0.3) is 0 Å². The van der Waals surface area contributed by atoms with Gasteiger partial charge in [-0.15, -0.1) is 0 Å². The number of hydrogen-bond acceptors (Lipinski definition) is 5. The Morgan fingerprint density at radius 2 is 1.90 bits per heavy atom. The number of methoxy groups -OCH3 is 1. The lowest BCUT2D eigenvalue weighted by atomic mass is 10.0. The van der Waals surface area contributed by atoms with Crippen LogP contribution in [0.4, 0.5) is 17.6 Å². The summed E-state index contributed by atoms with van der Waals surface area (Å²) in [5.74, 6) is -1.08. The Balaban J connectivity index is 2.63. The van der Waals surface area contributed by atoms with Crippen molar-refractivity contribution in [3.8, 4) is 17.6 Å². The van der Waals surface area contributed by atoms with E-state index in [1.54, 1.807) is 6.07 Å². The number of nitriles is 1. The number of rotatable bonds is 7. The number of hydrogen-bond donors (Lipinski definition) is 0. The van der Waals surface area contributed by atoms with Gasteiger partial charge in [0.05, 0.1) is 10.5 Å². The Bertz CT molecular complexity index is 1030. The van der Waals surface area contributed by atoms with Gasteiger partial charge in [0.25, 0.3) is 9.84 Å². The SMILES string of the molecule is COCCCc1c(S(=O)(=O)C(F)(F)F)ccc(Oc2cc(F)cc(Cl)c2)c1C#N. The quantitative estimate of drug-likeness (QED) is 0.436. The van der Waals surface area contributed by atoms with Crippen LogP contribution in [-0.4, -0.2) is 27.6 Å². The fourth-order valence-corrected chi connectivity index (χ4v) is 3.78. The molecule has 0 aromatic heterocycles. The fourth-order valence-electron chi connectivity index (χ4n) is 2.55. The van der Waals surface area contributed by atoms with Crippen molar-refractivity contribution in [1.29, 1.82) is 5.26 Å². The minimum absolute atomic E-state index is 0.00454. The zero-order valence-corrected chi connectivity index (χ0v) is 16.5. The molecule has 0 bridgehead atoms. The Labute approximate surface area is 169 Å². The third-order valence-electron chi connectivity index (χ3n) is 3.78. The maximum absolute atomic E-state index is 13.5. The second kappa shape index (κ2) is 8.98. The summed E-state index contributed by atoms with van der Waals surface area (Å²) in [4.78, 5) is -1.04. The summed E-state index contributed by atoms with van der Waals surface area (Å²) in [6.07, 6.45) is -0.0384. The lowest BCUT2D eigenvalue weighted by molar-refractivity contribution is -0.0436. The van der Waals surface area contributed by atoms with Gasteiger partial charge < -0.3 is 9.47 Å². The normalized spacial score (nSPS) is 11.9. The van der Waals surface area contributed by atoms with Crippen molar-refractivity contribution in [2.75, 3.05) is 13.7 Å². The molecule has 0 fully saturated rings. The third kappa shape index (κ3) is 5.18. The van der Waals surface area contributed by atoms with Crippen molar-refractivity contribution in [3.63, 3.8) is 0 Å². The predicted molar refractivity (Wildman–Crippen MR) is 96.1 cm³/mol. The molecule has 0 heterocycles. The average molecular weight is 452 g/mol. The molecule has 0 unspecified atom stereocenters. The molecule has 2 rings (SSSR count). The Hall–Kier alpha value is -2.35. The topological polar surface area (TPSA) is 76.4 Å². The van der Waals surface area contributed by atoms with Gasteiger partial charge in [-0.05, 0) is 42.7 Å². The lowest BCUT2D eigenvalue weighted by Crippen LogP contribution is -2.25. The van der Waals surface area contributed by atoms with E-state index in [2.05, 4.69) is 0 Å². The Kier molecular flexibility index (Phi) is 7.11. The second-order valence-corrected chi connectivity index (χ2v) is 8.13. The van der Waals surface area contributed by atoms with E-state index in [0.717, 1.165) is 18.2 Å². The molecule has 0 N–H and O–H groups in total. The summed E-state index contributed by atoms with van der Waals surface area (Å²) in [5.41, 5.74) is -6.32. The molecule has 0 saturated carbocycles. The smallest absolute Gasteiger partial charge is 0.456 e. The summed E-state index contributed by atoms with van der Waals surface area (Å²) in [6.45, 7) is 0.126. The minimum atomic E-state index is -5.71. The molecule has 0 aliphatic carbocycles. The molecule has 0 aliphatic rings. The van der Waals surface area contributed by atoms with Crippen molar-refractivity contribution in [3.05, 3.63) is 52.3 Å². The van der Waals surface area contributed by atoms with E-state index >= 15 is 0 Å². The van der Waals surface area contributed by atoms with Gasteiger partial charge in [-0.2, -0.15) is 18.4 Å². The van der Waals surface area contributed by atoms with Gasteiger partial charge in [0, 0.05) is 24.8 Å². The number of sulfone groups is 1. The van der Waals surface area contributed by atoms with E-state index in [1.165, 1.54) is 13.2 Å². The van der Waals surface area contributed by atoms with Crippen LogP contribution in [0.2, 0.25) is 5.02 Å². The molecular formula is C18H14ClF4NO4S. The molecular weight excluding hydrogens is 438 g/mol. The van der Waals surface area contributed by atoms with Gasteiger partial charge >= 0.3 is 5.51 Å². The van der Waals surface area contributed by atoms with Gasteiger partial charge in [0.1, 0.15) is 23.4 Å². The van der Waals surface area contributed by atoms with Crippen molar-refractivity contribution in [1.82, 2.24) is 0 Å². The van der Waals surface area contributed by atoms with Crippen LogP contribution in [0, 0.1) is 17.1 Å². The summed E-state index contributed by atoms with van der Waals surface area (Å²) in [5, 5.41) is 9.49. The number of alkyl halides is 3. The van der Waals surface area contributed by atoms with E-state index in [9.17, 15) is 31.2 Å². The Morgan fingerprint density at radius 1 is 1.21 bits per heavy atom. The molecule has 0 spiro atoms. The average Bonchev–Trinajstić information content (AvgIpc) is 2.60. The van der Waals surface area contributed by atoms with E-state index in [0.29, 0.717) is 6.07 Å². The molecule has 0 amide bonds. The molecule has 0 atom stereocenters. The molecule has 2 aromatic rings. The molecule has 2 aromatic carbocycles. The van der Waals surface area contributed by atoms with Crippen molar-refractivity contribution in [2.45, 2.75) is 23.2 Å². The monoisotopic (exact) mass is 451 g/mol. The van der Waals surface area contributed by atoms with Crippen molar-refractivity contribution < 1.29 is 35.5 Å². The van der Waals surface area contributed by atoms with Gasteiger partial charge in [-0.1, -0.05) is 11.6 Å². The van der Waals surface area contributed by atoms with Crippen molar-refractivity contribution >= 4 is 21.4 Å². The van der Waals surface area contributed by atoms with Gasteiger partial charge in [-0.3, -0.25) is 0 Å². The van der Waals surface area contributed by atoms with Gasteiger partial charge in [0.15, 0.2) is 0 Å². The van der Waals surface area contributed by atoms with Crippen LogP contribution in [0.15, 0.2) is 35.2 Å². The molecule has 0 saturated heterocycles. The van der Waals surface area contributed by atoms with Crippen LogP contribution in [0.5, 0.6) is 11.5 Å². The zero-order valence-electron chi connectivity index (χ0n) is 14.9. The first-order chi connectivity index (χ1) is 13.5.